The molecule has 2 fully saturated rings. The largest absolute Gasteiger partial charge is 0.497 e. The summed E-state index contributed by atoms with van der Waals surface area (Å²) in [7, 11) is 1.52. The molecule has 0 spiro atoms. The number of pyridine rings is 1. The van der Waals surface area contributed by atoms with E-state index in [1.54, 1.807) is 18.2 Å². The summed E-state index contributed by atoms with van der Waals surface area (Å²) >= 11 is 0. The van der Waals surface area contributed by atoms with Gasteiger partial charge in [0.05, 0.1) is 42.4 Å². The van der Waals surface area contributed by atoms with Gasteiger partial charge in [0.15, 0.2) is 0 Å². The van der Waals surface area contributed by atoms with Gasteiger partial charge in [0.1, 0.15) is 5.75 Å². The molecule has 4 rings (SSSR count). The Balaban J connectivity index is 1.59. The van der Waals surface area contributed by atoms with Crippen LogP contribution in [-0.2, 0) is 0 Å². The third kappa shape index (κ3) is 4.71. The number of alkyl halides is 3. The Morgan fingerprint density at radius 2 is 1.97 bits per heavy atom. The average molecular weight is 437 g/mol. The molecule has 0 radical (unpaired) electrons. The van der Waals surface area contributed by atoms with Crippen LogP contribution in [0.15, 0.2) is 24.4 Å². The number of hydrogen-bond donors (Lipinski definition) is 2. The molecule has 168 valence electrons. The minimum absolute atomic E-state index is 0.0341. The second-order valence-corrected chi connectivity index (χ2v) is 8.35. The van der Waals surface area contributed by atoms with Gasteiger partial charge in [-0.1, -0.05) is 0 Å². The van der Waals surface area contributed by atoms with Crippen LogP contribution in [0.5, 0.6) is 5.75 Å². The van der Waals surface area contributed by atoms with Crippen LogP contribution in [0.2, 0.25) is 0 Å². The van der Waals surface area contributed by atoms with E-state index >= 15 is 0 Å². The number of hydrogen-bond acceptors (Lipinski definition) is 5. The van der Waals surface area contributed by atoms with Crippen LogP contribution in [0.25, 0.3) is 10.9 Å². The van der Waals surface area contributed by atoms with E-state index in [2.05, 4.69) is 10.3 Å². The second-order valence-electron chi connectivity index (χ2n) is 8.35. The number of carbonyl (C=O) groups is 1. The summed E-state index contributed by atoms with van der Waals surface area (Å²) in [4.78, 5) is 19.0. The molecule has 1 atom stereocenters. The van der Waals surface area contributed by atoms with Gasteiger partial charge in [-0.3, -0.25) is 9.78 Å². The molecular weight excluding hydrogens is 411 g/mol. The maximum atomic E-state index is 13.0. The van der Waals surface area contributed by atoms with Gasteiger partial charge in [0, 0.05) is 30.7 Å². The summed E-state index contributed by atoms with van der Waals surface area (Å²) in [5.74, 6) is -0.731. The van der Waals surface area contributed by atoms with E-state index < -0.39 is 12.1 Å². The van der Waals surface area contributed by atoms with Gasteiger partial charge >= 0.3 is 6.18 Å². The second kappa shape index (κ2) is 8.53. The molecule has 2 aliphatic rings. The van der Waals surface area contributed by atoms with Crippen LogP contribution < -0.4 is 15.0 Å². The standard InChI is InChI=1S/C22H26F3N3O3/c1-31-17-9-14-8-15(21(30)27-18(12-29)13-2-3-13)11-26-20(14)19(10-17)28-6-4-16(5-7-28)22(23,24)25/h8-11,13,16,18,29H,2-7,12H2,1H3,(H,27,30)/t18-/m0/s1. The van der Waals surface area contributed by atoms with E-state index in [0.717, 1.165) is 12.8 Å². The first kappa shape index (κ1) is 21.7. The number of nitrogens with one attached hydrogen (secondary N) is 1. The number of amides is 1. The normalized spacial score (nSPS) is 18.8. The predicted octanol–water partition coefficient (Wildman–Crippen LogP) is 3.52. The van der Waals surface area contributed by atoms with Gasteiger partial charge in [-0.2, -0.15) is 13.2 Å². The molecule has 2 heterocycles. The highest BCUT2D eigenvalue weighted by Crippen LogP contribution is 2.38. The highest BCUT2D eigenvalue weighted by molar-refractivity contribution is 6.00. The summed E-state index contributed by atoms with van der Waals surface area (Å²) in [6.07, 6.45) is -0.646. The molecule has 0 bridgehead atoms. The fourth-order valence-corrected chi connectivity index (χ4v) is 4.20. The smallest absolute Gasteiger partial charge is 0.391 e. The lowest BCUT2D eigenvalue weighted by Crippen LogP contribution is -2.39. The quantitative estimate of drug-likeness (QED) is 0.723. The Labute approximate surface area is 178 Å². The Morgan fingerprint density at radius 3 is 2.55 bits per heavy atom. The van der Waals surface area contributed by atoms with Crippen LogP contribution in [0.3, 0.4) is 0 Å². The Bertz CT molecular complexity index is 954. The van der Waals surface area contributed by atoms with E-state index in [-0.39, 0.29) is 44.5 Å². The highest BCUT2D eigenvalue weighted by atomic mass is 19.4. The number of ether oxygens (including phenoxy) is 1. The monoisotopic (exact) mass is 437 g/mol. The van der Waals surface area contributed by atoms with Crippen LogP contribution in [0, 0.1) is 11.8 Å². The molecule has 0 unspecified atom stereocenters. The number of fused-ring (bicyclic) bond motifs is 1. The predicted molar refractivity (Wildman–Crippen MR) is 110 cm³/mol. The number of benzene rings is 1. The molecule has 9 heteroatoms. The molecule has 2 aromatic rings. The van der Waals surface area contributed by atoms with E-state index in [0.29, 0.717) is 33.8 Å². The number of aliphatic hydroxyl groups excluding tert-OH is 1. The number of carbonyl (C=O) groups excluding carboxylic acids is 1. The van der Waals surface area contributed by atoms with Gasteiger partial charge in [0.25, 0.3) is 5.91 Å². The number of aromatic nitrogens is 1. The summed E-state index contributed by atoms with van der Waals surface area (Å²) in [6, 6.07) is 4.97. The third-order valence-electron chi connectivity index (χ3n) is 6.24. The number of halogens is 3. The lowest BCUT2D eigenvalue weighted by Gasteiger charge is -2.34. The van der Waals surface area contributed by atoms with E-state index in [1.807, 2.05) is 4.90 Å². The number of rotatable bonds is 6. The number of methoxy groups -OCH3 is 1. The first-order chi connectivity index (χ1) is 14.8. The zero-order valence-electron chi connectivity index (χ0n) is 17.3. The van der Waals surface area contributed by atoms with Crippen molar-refractivity contribution in [3.8, 4) is 5.75 Å². The molecule has 1 aliphatic heterocycles. The van der Waals surface area contributed by atoms with Crippen molar-refractivity contribution in [1.82, 2.24) is 10.3 Å². The lowest BCUT2D eigenvalue weighted by atomic mass is 9.95. The van der Waals surface area contributed by atoms with Crippen LogP contribution in [0.1, 0.15) is 36.0 Å². The summed E-state index contributed by atoms with van der Waals surface area (Å²) < 4.78 is 44.5. The van der Waals surface area contributed by atoms with Crippen molar-refractivity contribution in [3.63, 3.8) is 0 Å². The number of anilines is 1. The van der Waals surface area contributed by atoms with E-state index in [1.165, 1.54) is 13.3 Å². The topological polar surface area (TPSA) is 74.7 Å². The molecule has 31 heavy (non-hydrogen) atoms. The summed E-state index contributed by atoms with van der Waals surface area (Å²) in [5, 5.41) is 13.0. The Hall–Kier alpha value is -2.55. The van der Waals surface area contributed by atoms with Crippen molar-refractivity contribution in [1.29, 1.82) is 0 Å². The van der Waals surface area contributed by atoms with Gasteiger partial charge in [-0.05, 0) is 43.7 Å². The summed E-state index contributed by atoms with van der Waals surface area (Å²) in [5.41, 5.74) is 1.68. The van der Waals surface area contributed by atoms with Crippen molar-refractivity contribution in [3.05, 3.63) is 30.0 Å². The number of nitrogens with zero attached hydrogens (tertiary/aromatic N) is 2. The molecular formula is C22H26F3N3O3. The number of piperidine rings is 1. The minimum Gasteiger partial charge on any atom is -0.497 e. The van der Waals surface area contributed by atoms with Gasteiger partial charge in [0.2, 0.25) is 0 Å². The molecule has 2 N–H and O–H groups in total. The van der Waals surface area contributed by atoms with Gasteiger partial charge in [-0.25, -0.2) is 0 Å². The lowest BCUT2D eigenvalue weighted by molar-refractivity contribution is -0.179. The summed E-state index contributed by atoms with van der Waals surface area (Å²) in [6.45, 7) is 0.440. The first-order valence-corrected chi connectivity index (χ1v) is 10.5. The molecule has 6 nitrogen and oxygen atoms in total. The number of aliphatic hydroxyl groups is 1. The van der Waals surface area contributed by atoms with Crippen molar-refractivity contribution < 1.29 is 27.8 Å². The van der Waals surface area contributed by atoms with E-state index in [9.17, 15) is 23.1 Å². The molecule has 1 aromatic carbocycles. The fourth-order valence-electron chi connectivity index (χ4n) is 4.20. The zero-order valence-corrected chi connectivity index (χ0v) is 17.3. The zero-order chi connectivity index (χ0) is 22.2. The van der Waals surface area contributed by atoms with Crippen molar-refractivity contribution in [2.45, 2.75) is 37.9 Å². The van der Waals surface area contributed by atoms with E-state index in [4.69, 9.17) is 4.74 Å². The SMILES string of the molecule is COc1cc(N2CCC(C(F)(F)F)CC2)c2ncc(C(=O)N[C@@H](CO)C3CC3)cc2c1. The molecule has 1 saturated carbocycles. The van der Waals surface area contributed by atoms with Gasteiger partial charge in [-0.15, -0.1) is 0 Å². The molecule has 1 saturated heterocycles. The fraction of sp³-hybridized carbons (Fsp3) is 0.545. The van der Waals surface area contributed by atoms with Crippen molar-refractivity contribution in [2.75, 3.05) is 31.7 Å². The highest BCUT2D eigenvalue weighted by Gasteiger charge is 2.41. The third-order valence-corrected chi connectivity index (χ3v) is 6.24. The van der Waals surface area contributed by atoms with Crippen molar-refractivity contribution in [2.24, 2.45) is 11.8 Å². The Kier molecular flexibility index (Phi) is 5.96. The molecule has 1 aromatic heterocycles. The maximum absolute atomic E-state index is 13.0. The average Bonchev–Trinajstić information content (AvgIpc) is 3.61. The molecule has 1 amide bonds. The first-order valence-electron chi connectivity index (χ1n) is 10.5. The maximum Gasteiger partial charge on any atom is 0.391 e. The van der Waals surface area contributed by atoms with Gasteiger partial charge < -0.3 is 20.1 Å². The van der Waals surface area contributed by atoms with Crippen LogP contribution in [-0.4, -0.2) is 55.0 Å². The molecule has 1 aliphatic carbocycles. The van der Waals surface area contributed by atoms with Crippen LogP contribution >= 0.6 is 0 Å². The minimum atomic E-state index is -4.17. The van der Waals surface area contributed by atoms with Crippen molar-refractivity contribution >= 4 is 22.5 Å². The van der Waals surface area contributed by atoms with Crippen LogP contribution in [0.4, 0.5) is 18.9 Å². The Morgan fingerprint density at radius 1 is 1.26 bits per heavy atom.